The van der Waals surface area contributed by atoms with E-state index in [1.54, 1.807) is 0 Å². The Bertz CT molecular complexity index is 473. The Kier molecular flexibility index (Phi) is 7.73. The van der Waals surface area contributed by atoms with Gasteiger partial charge in [-0.25, -0.2) is 0 Å². The molecule has 0 N–H and O–H groups in total. The molecule has 0 saturated carbocycles. The quantitative estimate of drug-likeness (QED) is 0.646. The van der Waals surface area contributed by atoms with Crippen molar-refractivity contribution in [2.24, 2.45) is 0 Å². The average Bonchev–Trinajstić information content (AvgIpc) is 2.35. The zero-order valence-electron chi connectivity index (χ0n) is 12.6. The van der Waals surface area contributed by atoms with Gasteiger partial charge in [-0.05, 0) is 26.1 Å². The third-order valence-electron chi connectivity index (χ3n) is 3.37. The van der Waals surface area contributed by atoms with Gasteiger partial charge in [0.25, 0.3) is 0 Å². The fourth-order valence-electron chi connectivity index (χ4n) is 2.26. The monoisotopic (exact) mass is 327 g/mol. The molecule has 1 saturated heterocycles. The first-order valence-electron chi connectivity index (χ1n) is 6.59. The van der Waals surface area contributed by atoms with Gasteiger partial charge in [-0.15, -0.1) is 5.46 Å². The second-order valence-corrected chi connectivity index (χ2v) is 5.16. The molecule has 1 aromatic rings. The zero-order chi connectivity index (χ0) is 14.8. The Morgan fingerprint density at radius 1 is 1.38 bits per heavy atom. The van der Waals surface area contributed by atoms with Gasteiger partial charge in [0, 0.05) is 13.1 Å². The molecule has 0 radical (unpaired) electrons. The minimum absolute atomic E-state index is 0. The van der Waals surface area contributed by atoms with E-state index >= 15 is 0 Å². The third kappa shape index (κ3) is 5.85. The molecule has 1 atom stereocenters. The van der Waals surface area contributed by atoms with Crippen LogP contribution in [0.1, 0.15) is 5.56 Å². The van der Waals surface area contributed by atoms with Gasteiger partial charge in [-0.1, -0.05) is 11.6 Å². The van der Waals surface area contributed by atoms with E-state index in [1.165, 1.54) is 19.1 Å². The molecule has 1 aliphatic heterocycles. The van der Waals surface area contributed by atoms with Crippen LogP contribution in [0.3, 0.4) is 0 Å². The van der Waals surface area contributed by atoms with E-state index < -0.39 is 12.4 Å². The maximum Gasteiger partial charge on any atom is 1.00 e. The van der Waals surface area contributed by atoms with Crippen LogP contribution in [0.4, 0.5) is 12.9 Å². The molecule has 1 aliphatic rings. The van der Waals surface area contributed by atoms with E-state index in [-0.39, 0.29) is 63.1 Å². The van der Waals surface area contributed by atoms with Crippen molar-refractivity contribution in [3.8, 4) is 5.75 Å². The minimum Gasteiger partial charge on any atom is -0.491 e. The van der Waals surface area contributed by atoms with Crippen LogP contribution in [0.15, 0.2) is 18.2 Å². The molecule has 0 bridgehead atoms. The average molecular weight is 327 g/mol. The van der Waals surface area contributed by atoms with E-state index in [0.717, 1.165) is 19.2 Å². The zero-order valence-corrected chi connectivity index (χ0v) is 15.7. The number of nitrogens with zero attached hydrogens (tertiary/aromatic N) is 1. The van der Waals surface area contributed by atoms with Gasteiger partial charge in [0.1, 0.15) is 18.5 Å². The number of likely N-dealkylation sites (N-methyl/N-ethyl adjacent to an activating group) is 1. The van der Waals surface area contributed by atoms with Crippen LogP contribution >= 0.6 is 0 Å². The standard InChI is InChI=1S/C13H18BF3NO2.K/c1-10-7-11(3-4-13(10)14(15,16)17)20-9-12-8-18(2)5-6-19-12;/h3-4,7,12H,5-6,8-9H2,1-2H3;/q-1;+1. The second kappa shape index (κ2) is 8.33. The number of benzene rings is 1. The maximum atomic E-state index is 12.7. The van der Waals surface area contributed by atoms with Crippen molar-refractivity contribution in [1.82, 2.24) is 4.90 Å². The molecule has 0 aromatic heterocycles. The van der Waals surface area contributed by atoms with Crippen molar-refractivity contribution in [1.29, 1.82) is 0 Å². The molecule has 2 rings (SSSR count). The number of ether oxygens (including phenoxy) is 2. The van der Waals surface area contributed by atoms with E-state index in [2.05, 4.69) is 4.90 Å². The number of halogens is 3. The summed E-state index contributed by atoms with van der Waals surface area (Å²) >= 11 is 0. The summed E-state index contributed by atoms with van der Waals surface area (Å²) in [6.45, 7) is -0.866. The van der Waals surface area contributed by atoms with Crippen LogP contribution in [0, 0.1) is 6.92 Å². The molecule has 1 heterocycles. The molecule has 112 valence electrons. The summed E-state index contributed by atoms with van der Waals surface area (Å²) in [6, 6.07) is 3.87. The van der Waals surface area contributed by atoms with Crippen molar-refractivity contribution in [3.05, 3.63) is 23.8 Å². The third-order valence-corrected chi connectivity index (χ3v) is 3.37. The summed E-state index contributed by atoms with van der Waals surface area (Å²) in [4.78, 5) is 2.14. The van der Waals surface area contributed by atoms with Crippen LogP contribution in [-0.4, -0.2) is 51.3 Å². The van der Waals surface area contributed by atoms with E-state index in [0.29, 0.717) is 19.0 Å². The van der Waals surface area contributed by atoms with E-state index in [1.807, 2.05) is 7.05 Å². The predicted molar refractivity (Wildman–Crippen MR) is 72.6 cm³/mol. The summed E-state index contributed by atoms with van der Waals surface area (Å²) in [6.07, 6.45) is -0.0411. The first kappa shape index (κ1) is 19.5. The summed E-state index contributed by atoms with van der Waals surface area (Å²) in [5.41, 5.74) is -0.373. The molecule has 1 fully saturated rings. The maximum absolute atomic E-state index is 12.7. The first-order chi connectivity index (χ1) is 9.36. The van der Waals surface area contributed by atoms with Gasteiger partial charge in [-0.3, -0.25) is 0 Å². The first-order valence-corrected chi connectivity index (χ1v) is 6.59. The summed E-state index contributed by atoms with van der Waals surface area (Å²) < 4.78 is 49.2. The van der Waals surface area contributed by atoms with Crippen LogP contribution < -0.4 is 61.6 Å². The van der Waals surface area contributed by atoms with Gasteiger partial charge >= 0.3 is 58.4 Å². The molecular weight excluding hydrogens is 309 g/mol. The molecule has 0 spiro atoms. The van der Waals surface area contributed by atoms with Crippen LogP contribution in [-0.2, 0) is 4.74 Å². The Balaban J connectivity index is 0.00000220. The fourth-order valence-corrected chi connectivity index (χ4v) is 2.26. The Morgan fingerprint density at radius 3 is 2.67 bits per heavy atom. The number of aryl methyl sites for hydroxylation is 1. The van der Waals surface area contributed by atoms with Crippen LogP contribution in [0.25, 0.3) is 0 Å². The Labute approximate surface area is 165 Å². The Morgan fingerprint density at radius 2 is 2.10 bits per heavy atom. The SMILES string of the molecule is Cc1cc(OCC2CN(C)CCO2)ccc1[B-](F)(F)F.[K+]. The number of morpholine rings is 1. The number of hydrogen-bond donors (Lipinski definition) is 0. The molecule has 0 amide bonds. The summed E-state index contributed by atoms with van der Waals surface area (Å²) in [7, 11) is 2.00. The summed E-state index contributed by atoms with van der Waals surface area (Å²) in [5, 5.41) is 0. The molecule has 8 heteroatoms. The molecule has 0 aliphatic carbocycles. The van der Waals surface area contributed by atoms with Crippen molar-refractivity contribution in [3.63, 3.8) is 0 Å². The topological polar surface area (TPSA) is 21.7 Å². The smallest absolute Gasteiger partial charge is 0.491 e. The van der Waals surface area contributed by atoms with Gasteiger partial charge in [0.15, 0.2) is 0 Å². The van der Waals surface area contributed by atoms with Gasteiger partial charge in [0.2, 0.25) is 0 Å². The molecular formula is C13H18BF3KNO2. The molecule has 21 heavy (non-hydrogen) atoms. The largest absolute Gasteiger partial charge is 1.00 e. The van der Waals surface area contributed by atoms with Crippen LogP contribution in [0.2, 0.25) is 0 Å². The number of rotatable bonds is 4. The molecule has 1 aromatic carbocycles. The van der Waals surface area contributed by atoms with Crippen molar-refractivity contribution >= 4 is 12.4 Å². The van der Waals surface area contributed by atoms with Gasteiger partial charge in [0.05, 0.1) is 6.61 Å². The van der Waals surface area contributed by atoms with Crippen molar-refractivity contribution in [2.45, 2.75) is 13.0 Å². The second-order valence-electron chi connectivity index (χ2n) is 5.16. The fraction of sp³-hybridized carbons (Fsp3) is 0.538. The minimum atomic E-state index is -4.97. The Hall–Kier alpha value is 0.431. The van der Waals surface area contributed by atoms with E-state index in [4.69, 9.17) is 9.47 Å². The predicted octanol–water partition coefficient (Wildman–Crippen LogP) is -1.24. The number of hydrogen-bond acceptors (Lipinski definition) is 3. The van der Waals surface area contributed by atoms with Crippen LogP contribution in [0.5, 0.6) is 5.75 Å². The van der Waals surface area contributed by atoms with Crippen molar-refractivity contribution < 1.29 is 73.8 Å². The summed E-state index contributed by atoms with van der Waals surface area (Å²) in [5.74, 6) is 0.447. The van der Waals surface area contributed by atoms with Gasteiger partial charge < -0.3 is 27.3 Å². The van der Waals surface area contributed by atoms with Gasteiger partial charge in [-0.2, -0.15) is 0 Å². The van der Waals surface area contributed by atoms with E-state index in [9.17, 15) is 12.9 Å². The molecule has 3 nitrogen and oxygen atoms in total. The normalized spacial score (nSPS) is 20.0. The van der Waals surface area contributed by atoms with Crippen molar-refractivity contribution in [2.75, 3.05) is 33.4 Å². The molecule has 1 unspecified atom stereocenters.